The quantitative estimate of drug-likeness (QED) is 0.629. The summed E-state index contributed by atoms with van der Waals surface area (Å²) in [4.78, 5) is 14.7. The lowest BCUT2D eigenvalue weighted by Crippen LogP contribution is -2.47. The first-order chi connectivity index (χ1) is 9.06. The second-order valence-corrected chi connectivity index (χ2v) is 4.81. The molecule has 1 saturated heterocycles. The molecule has 0 spiro atoms. The number of pyridine rings is 1. The molecule has 0 aromatic carbocycles. The van der Waals surface area contributed by atoms with E-state index >= 15 is 0 Å². The highest BCUT2D eigenvalue weighted by Crippen LogP contribution is 2.30. The van der Waals surface area contributed by atoms with Crippen LogP contribution in [-0.4, -0.2) is 40.4 Å². The highest BCUT2D eigenvalue weighted by molar-refractivity contribution is 5.58. The average Bonchev–Trinajstić information content (AvgIpc) is 2.42. The van der Waals surface area contributed by atoms with Crippen LogP contribution >= 0.6 is 0 Å². The number of rotatable bonds is 4. The lowest BCUT2D eigenvalue weighted by atomic mass is 9.91. The van der Waals surface area contributed by atoms with Crippen LogP contribution < -0.4 is 5.32 Å². The molecule has 0 unspecified atom stereocenters. The molecule has 2 N–H and O–H groups in total. The fraction of sp³-hybridized carbons (Fsp3) is 0.583. The van der Waals surface area contributed by atoms with Crippen molar-refractivity contribution >= 4 is 11.5 Å². The number of aliphatic hydroxyl groups is 1. The maximum Gasteiger partial charge on any atom is 0.311 e. The van der Waals surface area contributed by atoms with Crippen LogP contribution in [0.15, 0.2) is 12.3 Å². The predicted octanol–water partition coefficient (Wildman–Crippen LogP) is 1.25. The second kappa shape index (κ2) is 5.50. The second-order valence-electron chi connectivity index (χ2n) is 4.81. The molecule has 0 bridgehead atoms. The molecule has 1 aromatic heterocycles. The number of nitrogens with zero attached hydrogens (tertiary/aromatic N) is 2. The first-order valence-electron chi connectivity index (χ1n) is 6.14. The van der Waals surface area contributed by atoms with E-state index in [1.165, 1.54) is 6.07 Å². The Morgan fingerprint density at radius 3 is 2.84 bits per heavy atom. The zero-order chi connectivity index (χ0) is 13.9. The Hall–Kier alpha value is -1.73. The number of nitro groups is 1. The molecule has 0 atom stereocenters. The Bertz CT molecular complexity index is 472. The Labute approximate surface area is 110 Å². The summed E-state index contributed by atoms with van der Waals surface area (Å²) in [6.45, 7) is 2.68. The number of aryl methyl sites for hydroxylation is 1. The van der Waals surface area contributed by atoms with Crippen LogP contribution in [0.4, 0.5) is 11.5 Å². The summed E-state index contributed by atoms with van der Waals surface area (Å²) in [5.41, 5.74) is 0.0623. The molecule has 2 heterocycles. The van der Waals surface area contributed by atoms with Crippen LogP contribution in [0.5, 0.6) is 0 Å². The summed E-state index contributed by atoms with van der Waals surface area (Å²) >= 11 is 0. The van der Waals surface area contributed by atoms with Gasteiger partial charge >= 0.3 is 5.69 Å². The molecular weight excluding hydrogens is 250 g/mol. The molecule has 1 aromatic rings. The highest BCUT2D eigenvalue weighted by Gasteiger charge is 2.34. The van der Waals surface area contributed by atoms with Crippen molar-refractivity contribution in [3.05, 3.63) is 27.9 Å². The van der Waals surface area contributed by atoms with E-state index in [1.54, 1.807) is 13.1 Å². The number of nitrogens with one attached hydrogen (secondary N) is 1. The van der Waals surface area contributed by atoms with Crippen molar-refractivity contribution in [3.63, 3.8) is 0 Å². The Kier molecular flexibility index (Phi) is 3.96. The molecule has 0 aliphatic carbocycles. The van der Waals surface area contributed by atoms with Gasteiger partial charge in [0.05, 0.1) is 17.1 Å². The molecule has 0 saturated carbocycles. The fourth-order valence-electron chi connectivity index (χ4n) is 2.13. The van der Waals surface area contributed by atoms with Crippen molar-refractivity contribution in [1.29, 1.82) is 0 Å². The smallest absolute Gasteiger partial charge is 0.311 e. The van der Waals surface area contributed by atoms with Crippen molar-refractivity contribution in [1.82, 2.24) is 4.98 Å². The van der Waals surface area contributed by atoms with Gasteiger partial charge in [0.1, 0.15) is 0 Å². The number of anilines is 1. The number of aromatic nitrogens is 1. The molecule has 104 valence electrons. The van der Waals surface area contributed by atoms with Crippen molar-refractivity contribution in [2.75, 3.05) is 25.1 Å². The van der Waals surface area contributed by atoms with Gasteiger partial charge in [-0.25, -0.2) is 4.98 Å². The number of aliphatic hydroxyl groups excluding tert-OH is 1. The minimum atomic E-state index is -0.592. The van der Waals surface area contributed by atoms with Crippen molar-refractivity contribution in [2.45, 2.75) is 25.3 Å². The maximum atomic E-state index is 11.0. The fourth-order valence-corrected chi connectivity index (χ4v) is 2.13. The topological polar surface area (TPSA) is 97.5 Å². The summed E-state index contributed by atoms with van der Waals surface area (Å²) in [5, 5.41) is 23.7. The van der Waals surface area contributed by atoms with E-state index in [9.17, 15) is 15.2 Å². The highest BCUT2D eigenvalue weighted by atomic mass is 16.6. The van der Waals surface area contributed by atoms with Gasteiger partial charge in [0.25, 0.3) is 0 Å². The Morgan fingerprint density at radius 1 is 1.58 bits per heavy atom. The van der Waals surface area contributed by atoms with Crippen LogP contribution in [0.2, 0.25) is 0 Å². The van der Waals surface area contributed by atoms with E-state index in [-0.39, 0.29) is 18.1 Å². The molecule has 1 aliphatic rings. The van der Waals surface area contributed by atoms with Gasteiger partial charge in [-0.3, -0.25) is 10.1 Å². The molecule has 1 aliphatic heterocycles. The normalized spacial score (nSPS) is 18.0. The predicted molar refractivity (Wildman–Crippen MR) is 69.1 cm³/mol. The van der Waals surface area contributed by atoms with Gasteiger partial charge in [0, 0.05) is 25.5 Å². The van der Waals surface area contributed by atoms with Gasteiger partial charge in [-0.15, -0.1) is 0 Å². The molecule has 7 heteroatoms. The van der Waals surface area contributed by atoms with Crippen LogP contribution in [0.25, 0.3) is 0 Å². The third-order valence-corrected chi connectivity index (χ3v) is 3.34. The van der Waals surface area contributed by atoms with E-state index in [2.05, 4.69) is 10.3 Å². The third-order valence-electron chi connectivity index (χ3n) is 3.34. The first-order valence-corrected chi connectivity index (χ1v) is 6.14. The van der Waals surface area contributed by atoms with Crippen LogP contribution in [0.3, 0.4) is 0 Å². The molecule has 19 heavy (non-hydrogen) atoms. The summed E-state index contributed by atoms with van der Waals surface area (Å²) < 4.78 is 5.26. The van der Waals surface area contributed by atoms with Crippen molar-refractivity contribution in [3.8, 4) is 0 Å². The van der Waals surface area contributed by atoms with E-state index < -0.39 is 10.5 Å². The van der Waals surface area contributed by atoms with Crippen molar-refractivity contribution in [2.24, 2.45) is 0 Å². The molecule has 0 radical (unpaired) electrons. The van der Waals surface area contributed by atoms with Gasteiger partial charge in [-0.1, -0.05) is 0 Å². The van der Waals surface area contributed by atoms with Gasteiger partial charge in [0.15, 0.2) is 0 Å². The van der Waals surface area contributed by atoms with E-state index in [0.717, 1.165) is 5.56 Å². The molecular formula is C12H17N3O4. The van der Waals surface area contributed by atoms with Gasteiger partial charge < -0.3 is 15.2 Å². The van der Waals surface area contributed by atoms with Gasteiger partial charge in [-0.2, -0.15) is 0 Å². The third kappa shape index (κ3) is 2.99. The number of hydrogen-bond acceptors (Lipinski definition) is 6. The van der Waals surface area contributed by atoms with Crippen molar-refractivity contribution < 1.29 is 14.8 Å². The van der Waals surface area contributed by atoms with E-state index in [4.69, 9.17) is 4.74 Å². The Morgan fingerprint density at radius 2 is 2.26 bits per heavy atom. The number of ether oxygens (including phenoxy) is 1. The minimum Gasteiger partial charge on any atom is -0.394 e. The van der Waals surface area contributed by atoms with E-state index in [1.807, 2.05) is 0 Å². The maximum absolute atomic E-state index is 11.0. The molecule has 1 fully saturated rings. The van der Waals surface area contributed by atoms with E-state index in [0.29, 0.717) is 26.1 Å². The molecule has 2 rings (SSSR count). The standard InChI is InChI=1S/C12H17N3O4/c1-9-6-10(15(17)18)11(13-7-9)14-12(8-16)2-4-19-5-3-12/h6-7,16H,2-5,8H2,1H3,(H,13,14). The molecule has 7 nitrogen and oxygen atoms in total. The minimum absolute atomic E-state index is 0.0701. The summed E-state index contributed by atoms with van der Waals surface area (Å²) in [6, 6.07) is 1.47. The summed E-state index contributed by atoms with van der Waals surface area (Å²) in [7, 11) is 0. The SMILES string of the molecule is Cc1cnc(NC2(CO)CCOCC2)c([N+](=O)[O-])c1. The zero-order valence-electron chi connectivity index (χ0n) is 10.8. The lowest BCUT2D eigenvalue weighted by molar-refractivity contribution is -0.384. The molecule has 0 amide bonds. The van der Waals surface area contributed by atoms with Gasteiger partial charge in [-0.05, 0) is 25.3 Å². The summed E-state index contributed by atoms with van der Waals surface area (Å²) in [6.07, 6.45) is 2.76. The summed E-state index contributed by atoms with van der Waals surface area (Å²) in [5.74, 6) is 0.201. The zero-order valence-corrected chi connectivity index (χ0v) is 10.8. The van der Waals surface area contributed by atoms with Crippen LogP contribution in [-0.2, 0) is 4.74 Å². The average molecular weight is 267 g/mol. The monoisotopic (exact) mass is 267 g/mol. The largest absolute Gasteiger partial charge is 0.394 e. The van der Waals surface area contributed by atoms with Gasteiger partial charge in [0.2, 0.25) is 5.82 Å². The first kappa shape index (κ1) is 13.7. The van der Waals surface area contributed by atoms with Crippen LogP contribution in [0.1, 0.15) is 18.4 Å². The Balaban J connectivity index is 2.28. The van der Waals surface area contributed by atoms with Crippen LogP contribution in [0, 0.1) is 17.0 Å². The number of hydrogen-bond donors (Lipinski definition) is 2. The lowest BCUT2D eigenvalue weighted by Gasteiger charge is -2.36.